The van der Waals surface area contributed by atoms with Crippen LogP contribution in [0.1, 0.15) is 63.4 Å². The highest BCUT2D eigenvalue weighted by molar-refractivity contribution is 5.99. The minimum Gasteiger partial charge on any atom is -0.383 e. The molecule has 0 bridgehead atoms. The monoisotopic (exact) mass is 618 g/mol. The second-order valence-corrected chi connectivity index (χ2v) is 12.7. The Balaban J connectivity index is 1.36. The maximum atomic E-state index is 15.2. The minimum absolute atomic E-state index is 0.00870. The van der Waals surface area contributed by atoms with E-state index in [4.69, 9.17) is 0 Å². The van der Waals surface area contributed by atoms with E-state index in [1.807, 2.05) is 0 Å². The smallest absolute Gasteiger partial charge is 0.383 e. The summed E-state index contributed by atoms with van der Waals surface area (Å²) in [7, 11) is 0. The Labute approximate surface area is 250 Å². The van der Waals surface area contributed by atoms with Gasteiger partial charge in [-0.25, -0.2) is 9.18 Å². The Bertz CT molecular complexity index is 1550. The SMILES string of the molecule is C[C@]12C[C@H](c3ccc(NC(=O)Nc4ccc(F)cc4)cc3)C3=C4CCC(=O)C=C4CCC3C1CC[C@@]2(O)C(F)(F)C(F)(F)F. The molecular formula is C33H32F6N2O3. The molecule has 234 valence electrons. The van der Waals surface area contributed by atoms with Crippen molar-refractivity contribution in [1.82, 2.24) is 0 Å². The lowest BCUT2D eigenvalue weighted by Crippen LogP contribution is -2.65. The minimum atomic E-state index is -5.91. The zero-order valence-corrected chi connectivity index (χ0v) is 23.9. The van der Waals surface area contributed by atoms with Crippen LogP contribution in [0.25, 0.3) is 0 Å². The number of hydrogen-bond acceptors (Lipinski definition) is 3. The van der Waals surface area contributed by atoms with E-state index in [1.54, 1.807) is 30.3 Å². The van der Waals surface area contributed by atoms with E-state index in [0.717, 1.165) is 16.7 Å². The average molecular weight is 619 g/mol. The molecule has 4 aliphatic rings. The first-order chi connectivity index (χ1) is 20.6. The van der Waals surface area contributed by atoms with Gasteiger partial charge in [-0.2, -0.15) is 22.0 Å². The summed E-state index contributed by atoms with van der Waals surface area (Å²) in [5, 5.41) is 16.6. The van der Waals surface area contributed by atoms with Crippen LogP contribution in [0.2, 0.25) is 0 Å². The average Bonchev–Trinajstić information content (AvgIpc) is 3.25. The summed E-state index contributed by atoms with van der Waals surface area (Å²) in [5.74, 6) is -7.24. The zero-order valence-electron chi connectivity index (χ0n) is 23.9. The normalized spacial score (nSPS) is 30.2. The molecule has 5 atom stereocenters. The number of hydrogen-bond donors (Lipinski definition) is 3. The molecule has 0 spiro atoms. The van der Waals surface area contributed by atoms with Crippen LogP contribution in [0.3, 0.4) is 0 Å². The van der Waals surface area contributed by atoms with Crippen molar-refractivity contribution in [3.8, 4) is 0 Å². The molecule has 6 rings (SSSR count). The summed E-state index contributed by atoms with van der Waals surface area (Å²) >= 11 is 0. The van der Waals surface area contributed by atoms with Crippen LogP contribution in [-0.2, 0) is 4.79 Å². The van der Waals surface area contributed by atoms with Crippen LogP contribution in [-0.4, -0.2) is 34.6 Å². The second-order valence-electron chi connectivity index (χ2n) is 12.7. The molecule has 0 radical (unpaired) electrons. The van der Waals surface area contributed by atoms with Crippen molar-refractivity contribution in [2.45, 2.75) is 75.5 Å². The molecular weight excluding hydrogens is 586 g/mol. The number of carbonyl (C=O) groups is 2. The molecule has 2 fully saturated rings. The molecule has 5 nitrogen and oxygen atoms in total. The van der Waals surface area contributed by atoms with Gasteiger partial charge in [0, 0.05) is 29.1 Å². The molecule has 2 saturated carbocycles. The standard InChI is InChI=1S/C33H32F6N2O3/c1-30-17-26(18-2-7-21(8-3-18)40-29(43)41-22-9-5-20(34)6-10-22)28-24-13-11-23(42)16-19(24)4-12-25(28)27(30)14-15-31(30,44)32(35,36)33(37,38)39/h2-3,5-10,16,25-27,44H,4,11-15,17H2,1H3,(H2,40,41,43)/t25?,26-,27?,30+,31+/m1/s1. The number of halogens is 6. The maximum absolute atomic E-state index is 15.2. The van der Waals surface area contributed by atoms with Gasteiger partial charge >= 0.3 is 18.1 Å². The van der Waals surface area contributed by atoms with Crippen molar-refractivity contribution < 1.29 is 41.0 Å². The largest absolute Gasteiger partial charge is 0.456 e. The van der Waals surface area contributed by atoms with Crippen molar-refractivity contribution in [3.63, 3.8) is 0 Å². The number of urea groups is 1. The van der Waals surface area contributed by atoms with Gasteiger partial charge in [0.1, 0.15) is 11.4 Å². The number of ketones is 1. The number of nitrogens with one attached hydrogen (secondary N) is 2. The number of fused-ring (bicyclic) bond motifs is 4. The molecule has 2 aromatic rings. The van der Waals surface area contributed by atoms with Crippen molar-refractivity contribution in [1.29, 1.82) is 0 Å². The first kappa shape index (κ1) is 30.4. The summed E-state index contributed by atoms with van der Waals surface area (Å²) in [5.41, 5.74) is -0.763. The fraction of sp³-hybridized carbons (Fsp3) is 0.455. The topological polar surface area (TPSA) is 78.4 Å². The summed E-state index contributed by atoms with van der Waals surface area (Å²) in [6.45, 7) is 1.38. The Hall–Kier alpha value is -3.60. The number of allylic oxidation sites excluding steroid dienone is 4. The molecule has 0 saturated heterocycles. The highest BCUT2D eigenvalue weighted by Gasteiger charge is 2.79. The van der Waals surface area contributed by atoms with Gasteiger partial charge in [0.15, 0.2) is 5.78 Å². The number of alkyl halides is 5. The van der Waals surface area contributed by atoms with E-state index < -0.39 is 53.2 Å². The van der Waals surface area contributed by atoms with E-state index in [2.05, 4.69) is 10.6 Å². The van der Waals surface area contributed by atoms with Gasteiger partial charge < -0.3 is 15.7 Å². The van der Waals surface area contributed by atoms with Gasteiger partial charge in [-0.05, 0) is 110 Å². The summed E-state index contributed by atoms with van der Waals surface area (Å²) in [6, 6.07) is 11.3. The molecule has 0 aliphatic heterocycles. The first-order valence-electron chi connectivity index (χ1n) is 14.7. The Morgan fingerprint density at radius 1 is 0.909 bits per heavy atom. The van der Waals surface area contributed by atoms with Gasteiger partial charge in [0.05, 0.1) is 0 Å². The van der Waals surface area contributed by atoms with Crippen molar-refractivity contribution in [2.75, 3.05) is 10.6 Å². The fourth-order valence-corrected chi connectivity index (χ4v) is 8.34. The third-order valence-corrected chi connectivity index (χ3v) is 10.4. The predicted molar refractivity (Wildman–Crippen MR) is 152 cm³/mol. The summed E-state index contributed by atoms with van der Waals surface area (Å²) in [6.07, 6.45) is -3.26. The lowest BCUT2D eigenvalue weighted by Gasteiger charge is -2.56. The number of amides is 2. The molecule has 11 heteroatoms. The zero-order chi connectivity index (χ0) is 31.7. The number of rotatable bonds is 4. The molecule has 0 heterocycles. The van der Waals surface area contributed by atoms with Gasteiger partial charge in [-0.1, -0.05) is 24.6 Å². The van der Waals surface area contributed by atoms with Gasteiger partial charge in [0.25, 0.3) is 0 Å². The predicted octanol–water partition coefficient (Wildman–Crippen LogP) is 8.30. The van der Waals surface area contributed by atoms with Crippen LogP contribution in [0.4, 0.5) is 42.5 Å². The third kappa shape index (κ3) is 4.74. The van der Waals surface area contributed by atoms with Crippen LogP contribution in [0.15, 0.2) is 71.3 Å². The van der Waals surface area contributed by atoms with Crippen LogP contribution in [0, 0.1) is 23.1 Å². The molecule has 4 aliphatic carbocycles. The maximum Gasteiger partial charge on any atom is 0.456 e. The van der Waals surface area contributed by atoms with Crippen LogP contribution < -0.4 is 10.6 Å². The second kappa shape index (κ2) is 10.5. The Kier molecular flexibility index (Phi) is 7.26. The quantitative estimate of drug-likeness (QED) is 0.302. The third-order valence-electron chi connectivity index (χ3n) is 10.4. The van der Waals surface area contributed by atoms with E-state index in [9.17, 15) is 32.3 Å². The van der Waals surface area contributed by atoms with E-state index in [0.29, 0.717) is 42.6 Å². The van der Waals surface area contributed by atoms with Crippen molar-refractivity contribution in [3.05, 3.63) is 82.7 Å². The van der Waals surface area contributed by atoms with E-state index >= 15 is 8.78 Å². The van der Waals surface area contributed by atoms with Crippen LogP contribution in [0.5, 0.6) is 0 Å². The molecule has 0 aromatic heterocycles. The van der Waals surface area contributed by atoms with Gasteiger partial charge in [-0.15, -0.1) is 0 Å². The highest BCUT2D eigenvalue weighted by Crippen LogP contribution is 2.70. The first-order valence-corrected chi connectivity index (χ1v) is 14.7. The Morgan fingerprint density at radius 2 is 1.52 bits per heavy atom. The van der Waals surface area contributed by atoms with Crippen LogP contribution >= 0.6 is 0 Å². The lowest BCUT2D eigenvalue weighted by molar-refractivity contribution is -0.362. The number of aliphatic hydroxyl groups is 1. The fourth-order valence-electron chi connectivity index (χ4n) is 8.34. The van der Waals surface area contributed by atoms with Gasteiger partial charge in [-0.3, -0.25) is 4.79 Å². The number of carbonyl (C=O) groups excluding carboxylic acids is 2. The molecule has 44 heavy (non-hydrogen) atoms. The van der Waals surface area contributed by atoms with E-state index in [-0.39, 0.29) is 24.5 Å². The molecule has 2 amide bonds. The number of anilines is 2. The summed E-state index contributed by atoms with van der Waals surface area (Å²) < 4.78 is 84.8. The number of benzene rings is 2. The lowest BCUT2D eigenvalue weighted by atomic mass is 9.50. The highest BCUT2D eigenvalue weighted by atomic mass is 19.4. The summed E-state index contributed by atoms with van der Waals surface area (Å²) in [4.78, 5) is 24.7. The Morgan fingerprint density at radius 3 is 2.14 bits per heavy atom. The molecule has 2 aromatic carbocycles. The molecule has 3 N–H and O–H groups in total. The van der Waals surface area contributed by atoms with Crippen molar-refractivity contribution >= 4 is 23.2 Å². The van der Waals surface area contributed by atoms with Gasteiger partial charge in [0.2, 0.25) is 0 Å². The molecule has 2 unspecified atom stereocenters. The van der Waals surface area contributed by atoms with Crippen molar-refractivity contribution in [2.24, 2.45) is 17.3 Å². The van der Waals surface area contributed by atoms with E-state index in [1.165, 1.54) is 31.2 Å².